The Morgan fingerprint density at radius 3 is 2.36 bits per heavy atom. The third kappa shape index (κ3) is 2.90. The first-order valence-electron chi connectivity index (χ1n) is 12.1. The minimum atomic E-state index is -0.315. The number of nitrogens with zero attached hydrogens (tertiary/aromatic N) is 1. The predicted octanol–water partition coefficient (Wildman–Crippen LogP) is 4.13. The molecule has 0 spiro atoms. The fourth-order valence-electron chi connectivity index (χ4n) is 7.27. The van der Waals surface area contributed by atoms with Gasteiger partial charge in [0.05, 0.1) is 36.8 Å². The topological polar surface area (TPSA) is 88.7 Å². The first-order valence-corrected chi connectivity index (χ1v) is 13.8. The van der Waals surface area contributed by atoms with Gasteiger partial charge in [-0.3, -0.25) is 19.3 Å². The van der Waals surface area contributed by atoms with Crippen LogP contribution in [-0.2, 0) is 9.59 Å². The smallest absolute Gasteiger partial charge is 0.305 e. The Balaban J connectivity index is 1.34. The standard InChI is InChI=1S/C27H24N2O5S2/c1-33-16-9-8-12(10-17(16)34-2)18-19-14-11-15(22(19)35-24-23(18)36-27(32)28-24)21-20(14)25(30)29(26(21)31)13-6-4-3-5-7-13/h3-10,14-15,18-22H,11H2,1-2H3,(H,28,32)/t14?,15?,18-,19?,20?,21?,22?/m1/s1. The maximum absolute atomic E-state index is 13.7. The lowest BCUT2D eigenvalue weighted by Crippen LogP contribution is -2.42. The van der Waals surface area contributed by atoms with E-state index in [4.69, 9.17) is 9.47 Å². The van der Waals surface area contributed by atoms with Crippen molar-refractivity contribution in [1.29, 1.82) is 0 Å². The van der Waals surface area contributed by atoms with Gasteiger partial charge in [0.1, 0.15) is 0 Å². The highest BCUT2D eigenvalue weighted by Gasteiger charge is 2.69. The summed E-state index contributed by atoms with van der Waals surface area (Å²) in [5.41, 5.74) is 1.69. The zero-order valence-electron chi connectivity index (χ0n) is 19.7. The number of benzene rings is 2. The van der Waals surface area contributed by atoms with Crippen molar-refractivity contribution in [3.8, 4) is 11.5 Å². The summed E-state index contributed by atoms with van der Waals surface area (Å²) in [6, 6.07) is 15.2. The summed E-state index contributed by atoms with van der Waals surface area (Å²) in [5.74, 6) is 0.780. The number of thiazole rings is 1. The highest BCUT2D eigenvalue weighted by molar-refractivity contribution is 8.00. The lowest BCUT2D eigenvalue weighted by atomic mass is 9.68. The monoisotopic (exact) mass is 520 g/mol. The van der Waals surface area contributed by atoms with Crippen LogP contribution in [0.1, 0.15) is 22.8 Å². The van der Waals surface area contributed by atoms with Crippen molar-refractivity contribution in [3.63, 3.8) is 0 Å². The molecule has 3 aromatic rings. The number of amides is 2. The minimum Gasteiger partial charge on any atom is -0.493 e. The van der Waals surface area contributed by atoms with Crippen LogP contribution in [0.25, 0.3) is 0 Å². The number of nitrogens with one attached hydrogen (secondary N) is 1. The number of hydrogen-bond acceptors (Lipinski definition) is 7. The number of carbonyl (C=O) groups is 2. The lowest BCUT2D eigenvalue weighted by Gasteiger charge is -2.43. The van der Waals surface area contributed by atoms with Crippen LogP contribution in [0.3, 0.4) is 0 Å². The summed E-state index contributed by atoms with van der Waals surface area (Å²) in [6.07, 6.45) is 0.862. The van der Waals surface area contributed by atoms with Gasteiger partial charge in [0, 0.05) is 16.0 Å². The maximum atomic E-state index is 13.7. The normalized spacial score (nSPS) is 31.8. The van der Waals surface area contributed by atoms with E-state index in [-0.39, 0.29) is 57.4 Å². The summed E-state index contributed by atoms with van der Waals surface area (Å²) in [7, 11) is 3.22. The number of fused-ring (bicyclic) bond motifs is 9. The molecular weight excluding hydrogens is 496 g/mol. The van der Waals surface area contributed by atoms with E-state index in [9.17, 15) is 14.4 Å². The van der Waals surface area contributed by atoms with Crippen molar-refractivity contribution in [2.24, 2.45) is 29.6 Å². The largest absolute Gasteiger partial charge is 0.493 e. The number of para-hydroxylation sites is 1. The molecule has 3 fully saturated rings. The molecule has 2 aliphatic carbocycles. The molecule has 2 bridgehead atoms. The Hall–Kier alpha value is -3.04. The molecule has 2 aliphatic heterocycles. The number of aromatic nitrogens is 1. The number of aromatic amines is 1. The molecule has 4 aliphatic rings. The first kappa shape index (κ1) is 22.2. The van der Waals surface area contributed by atoms with Crippen LogP contribution in [0.15, 0.2) is 58.4 Å². The number of methoxy groups -OCH3 is 2. The molecule has 0 radical (unpaired) electrons. The van der Waals surface area contributed by atoms with Gasteiger partial charge in [-0.05, 0) is 54.0 Å². The fourth-order valence-corrected chi connectivity index (χ4v) is 10.2. The van der Waals surface area contributed by atoms with Crippen molar-refractivity contribution in [3.05, 3.63) is 68.6 Å². The average Bonchev–Trinajstić information content (AvgIpc) is 3.62. The van der Waals surface area contributed by atoms with E-state index in [0.717, 1.165) is 21.9 Å². The summed E-state index contributed by atoms with van der Waals surface area (Å²) in [5, 5.41) is 1.05. The van der Waals surface area contributed by atoms with E-state index in [0.29, 0.717) is 17.2 Å². The number of imide groups is 1. The quantitative estimate of drug-likeness (QED) is 0.521. The second-order valence-corrected chi connectivity index (χ2v) is 12.1. The van der Waals surface area contributed by atoms with E-state index in [1.54, 1.807) is 26.0 Å². The van der Waals surface area contributed by atoms with Gasteiger partial charge in [-0.2, -0.15) is 0 Å². The molecule has 2 aromatic carbocycles. The van der Waals surface area contributed by atoms with Crippen LogP contribution >= 0.6 is 23.1 Å². The third-order valence-electron chi connectivity index (χ3n) is 8.51. The van der Waals surface area contributed by atoms with Gasteiger partial charge in [0.15, 0.2) is 11.5 Å². The zero-order valence-corrected chi connectivity index (χ0v) is 21.3. The molecular formula is C27H24N2O5S2. The summed E-state index contributed by atoms with van der Waals surface area (Å²) >= 11 is 2.94. The van der Waals surface area contributed by atoms with E-state index >= 15 is 0 Å². The summed E-state index contributed by atoms with van der Waals surface area (Å²) in [4.78, 5) is 45.2. The third-order valence-corrected chi connectivity index (χ3v) is 11.1. The lowest BCUT2D eigenvalue weighted by molar-refractivity contribution is -0.123. The Morgan fingerprint density at radius 2 is 1.64 bits per heavy atom. The summed E-state index contributed by atoms with van der Waals surface area (Å²) in [6.45, 7) is 0. The molecule has 9 heteroatoms. The zero-order chi connectivity index (χ0) is 24.7. The maximum Gasteiger partial charge on any atom is 0.305 e. The molecule has 184 valence electrons. The van der Waals surface area contributed by atoms with Crippen LogP contribution in [-0.4, -0.2) is 36.3 Å². The van der Waals surface area contributed by atoms with Crippen molar-refractivity contribution in [2.45, 2.75) is 22.6 Å². The minimum absolute atomic E-state index is 0.0559. The number of thioether (sulfide) groups is 1. The number of hydrogen-bond donors (Lipinski definition) is 1. The van der Waals surface area contributed by atoms with Crippen LogP contribution in [0.4, 0.5) is 5.69 Å². The molecule has 1 saturated heterocycles. The van der Waals surface area contributed by atoms with Crippen LogP contribution in [0.2, 0.25) is 0 Å². The number of ether oxygens (including phenoxy) is 2. The molecule has 1 aromatic heterocycles. The fraction of sp³-hybridized carbons (Fsp3) is 0.370. The van der Waals surface area contributed by atoms with Crippen molar-refractivity contribution < 1.29 is 19.1 Å². The molecule has 7 nitrogen and oxygen atoms in total. The Bertz CT molecular complexity index is 1450. The molecule has 2 saturated carbocycles. The van der Waals surface area contributed by atoms with E-state index < -0.39 is 0 Å². The van der Waals surface area contributed by atoms with Gasteiger partial charge < -0.3 is 14.5 Å². The molecule has 7 atom stereocenters. The van der Waals surface area contributed by atoms with Gasteiger partial charge in [-0.15, -0.1) is 11.8 Å². The SMILES string of the molecule is COc1ccc([C@H]2c3sc(=O)[nH]c3SC3C4CC(C5C(=O)N(c6ccccc6)C(=O)C45)C32)cc1OC. The first-order chi connectivity index (χ1) is 17.5. The van der Waals surface area contributed by atoms with E-state index in [2.05, 4.69) is 4.98 Å². The van der Waals surface area contributed by atoms with Crippen LogP contribution in [0.5, 0.6) is 11.5 Å². The highest BCUT2D eigenvalue weighted by atomic mass is 32.2. The number of anilines is 1. The molecule has 6 unspecified atom stereocenters. The Morgan fingerprint density at radius 1 is 0.917 bits per heavy atom. The second-order valence-electron chi connectivity index (χ2n) is 9.92. The molecule has 2 amide bonds. The molecule has 3 heterocycles. The Kier molecular flexibility index (Phi) is 4.92. The van der Waals surface area contributed by atoms with Crippen LogP contribution < -0.4 is 19.2 Å². The van der Waals surface area contributed by atoms with Crippen molar-refractivity contribution in [1.82, 2.24) is 4.98 Å². The van der Waals surface area contributed by atoms with Gasteiger partial charge >= 0.3 is 4.87 Å². The summed E-state index contributed by atoms with van der Waals surface area (Å²) < 4.78 is 11.1. The van der Waals surface area contributed by atoms with Crippen molar-refractivity contribution in [2.75, 3.05) is 19.1 Å². The second kappa shape index (κ2) is 7.98. The van der Waals surface area contributed by atoms with Gasteiger partial charge in [-0.1, -0.05) is 35.6 Å². The number of H-pyrrole nitrogens is 1. The highest BCUT2D eigenvalue weighted by Crippen LogP contribution is 2.68. The average molecular weight is 521 g/mol. The molecule has 7 rings (SSSR count). The van der Waals surface area contributed by atoms with Gasteiger partial charge in [0.25, 0.3) is 0 Å². The number of rotatable bonds is 4. The molecule has 36 heavy (non-hydrogen) atoms. The van der Waals surface area contributed by atoms with Gasteiger partial charge in [-0.25, -0.2) is 0 Å². The number of carbonyl (C=O) groups excluding carboxylic acids is 2. The van der Waals surface area contributed by atoms with E-state index in [1.165, 1.54) is 16.2 Å². The van der Waals surface area contributed by atoms with E-state index in [1.807, 2.05) is 48.5 Å². The van der Waals surface area contributed by atoms with Crippen molar-refractivity contribution >= 4 is 40.6 Å². The van der Waals surface area contributed by atoms with Crippen LogP contribution in [0, 0.1) is 29.6 Å². The molecule has 1 N–H and O–H groups in total. The van der Waals surface area contributed by atoms with Gasteiger partial charge in [0.2, 0.25) is 11.8 Å². The predicted molar refractivity (Wildman–Crippen MR) is 137 cm³/mol. The Labute approximate surface area is 215 Å².